The maximum atomic E-state index is 11.1. The maximum absolute atomic E-state index is 11.1. The summed E-state index contributed by atoms with van der Waals surface area (Å²) in [6.45, 7) is 3.48. The number of hydrogen-bond donors (Lipinski definition) is 1. The van der Waals surface area contributed by atoms with Gasteiger partial charge in [-0.2, -0.15) is 0 Å². The Morgan fingerprint density at radius 1 is 1.38 bits per heavy atom. The summed E-state index contributed by atoms with van der Waals surface area (Å²) in [5, 5.41) is 2.80. The van der Waals surface area contributed by atoms with E-state index in [1.165, 1.54) is 6.92 Å². The molecule has 0 spiro atoms. The molecule has 0 bridgehead atoms. The summed E-state index contributed by atoms with van der Waals surface area (Å²) in [4.78, 5) is 17.8. The Morgan fingerprint density at radius 3 is 2.90 bits per heavy atom. The predicted octanol–water partition coefficient (Wildman–Crippen LogP) is 2.46. The first-order valence-corrected chi connectivity index (χ1v) is 7.10. The highest BCUT2D eigenvalue weighted by atomic mass is 16.1. The summed E-state index contributed by atoms with van der Waals surface area (Å²) in [6.07, 6.45) is 4.88. The molecule has 2 aromatic rings. The monoisotopic (exact) mass is 286 g/mol. The van der Waals surface area contributed by atoms with E-state index in [0.717, 1.165) is 36.6 Å². The van der Waals surface area contributed by atoms with Crippen LogP contribution in [0.15, 0.2) is 36.7 Å². The largest absolute Gasteiger partial charge is 0.331 e. The van der Waals surface area contributed by atoms with Crippen LogP contribution in [0.5, 0.6) is 0 Å². The lowest BCUT2D eigenvalue weighted by Crippen LogP contribution is -2.15. The van der Waals surface area contributed by atoms with Gasteiger partial charge in [0.05, 0.1) is 0 Å². The van der Waals surface area contributed by atoms with Crippen molar-refractivity contribution in [3.63, 3.8) is 0 Å². The summed E-state index contributed by atoms with van der Waals surface area (Å²) in [5.41, 5.74) is 1.80. The molecule has 0 aliphatic rings. The van der Waals surface area contributed by atoms with Gasteiger partial charge < -0.3 is 14.8 Å². The minimum atomic E-state index is -0.0681. The molecular formula is C16H22N4O. The minimum Gasteiger partial charge on any atom is -0.331 e. The Kier molecular flexibility index (Phi) is 5.11. The number of amides is 1. The average molecular weight is 286 g/mol. The molecule has 0 saturated heterocycles. The minimum absolute atomic E-state index is 0.0681. The quantitative estimate of drug-likeness (QED) is 0.887. The van der Waals surface area contributed by atoms with E-state index < -0.39 is 0 Å². The normalized spacial score (nSPS) is 10.9. The van der Waals surface area contributed by atoms with Crippen molar-refractivity contribution >= 4 is 11.6 Å². The van der Waals surface area contributed by atoms with Crippen LogP contribution < -0.4 is 5.32 Å². The van der Waals surface area contributed by atoms with Crippen molar-refractivity contribution in [2.75, 3.05) is 26.0 Å². The number of aromatic nitrogens is 2. The van der Waals surface area contributed by atoms with E-state index in [9.17, 15) is 4.79 Å². The Labute approximate surface area is 125 Å². The summed E-state index contributed by atoms with van der Waals surface area (Å²) < 4.78 is 2.15. The van der Waals surface area contributed by atoms with Crippen LogP contribution in [-0.2, 0) is 11.3 Å². The van der Waals surface area contributed by atoms with E-state index in [0.29, 0.717) is 0 Å². The van der Waals surface area contributed by atoms with Crippen LogP contribution in [-0.4, -0.2) is 41.0 Å². The van der Waals surface area contributed by atoms with Gasteiger partial charge in [-0.15, -0.1) is 0 Å². The second kappa shape index (κ2) is 7.04. The van der Waals surface area contributed by atoms with Crippen LogP contribution >= 0.6 is 0 Å². The summed E-state index contributed by atoms with van der Waals surface area (Å²) in [5.74, 6) is 0.863. The first-order chi connectivity index (χ1) is 10.1. The number of hydrogen-bond acceptors (Lipinski definition) is 3. The smallest absolute Gasteiger partial charge is 0.221 e. The Bertz CT molecular complexity index is 604. The van der Waals surface area contributed by atoms with E-state index in [1.54, 1.807) is 0 Å². The van der Waals surface area contributed by atoms with E-state index in [2.05, 4.69) is 33.9 Å². The molecule has 0 aliphatic heterocycles. The highest BCUT2D eigenvalue weighted by Gasteiger charge is 2.07. The van der Waals surface area contributed by atoms with Gasteiger partial charge in [0, 0.05) is 37.1 Å². The van der Waals surface area contributed by atoms with Crippen molar-refractivity contribution in [2.45, 2.75) is 19.9 Å². The van der Waals surface area contributed by atoms with E-state index in [-0.39, 0.29) is 5.91 Å². The summed E-state index contributed by atoms with van der Waals surface area (Å²) in [6, 6.07) is 7.77. The molecular weight excluding hydrogens is 264 g/mol. The van der Waals surface area contributed by atoms with Crippen LogP contribution in [0.1, 0.15) is 13.3 Å². The molecule has 5 heteroatoms. The fraction of sp³-hybridized carbons (Fsp3) is 0.375. The third-order valence-corrected chi connectivity index (χ3v) is 3.16. The van der Waals surface area contributed by atoms with Gasteiger partial charge in [0.2, 0.25) is 5.91 Å². The van der Waals surface area contributed by atoms with Crippen molar-refractivity contribution < 1.29 is 4.79 Å². The van der Waals surface area contributed by atoms with Gasteiger partial charge >= 0.3 is 0 Å². The molecule has 0 atom stereocenters. The first kappa shape index (κ1) is 15.3. The molecule has 1 amide bonds. The first-order valence-electron chi connectivity index (χ1n) is 7.10. The van der Waals surface area contributed by atoms with Gasteiger partial charge in [-0.3, -0.25) is 4.79 Å². The number of imidazole rings is 1. The standard InChI is InChI=1S/C16H22N4O/c1-13(21)18-15-7-4-6-14(12-15)16-17-8-11-20(16)10-5-9-19(2)3/h4,6-8,11-12H,5,9-10H2,1-3H3,(H,18,21). The van der Waals surface area contributed by atoms with Crippen LogP contribution in [0.25, 0.3) is 11.4 Å². The Hall–Kier alpha value is -2.14. The van der Waals surface area contributed by atoms with Crippen molar-refractivity contribution in [3.05, 3.63) is 36.7 Å². The zero-order chi connectivity index (χ0) is 15.2. The second-order valence-corrected chi connectivity index (χ2v) is 5.36. The number of rotatable bonds is 6. The van der Waals surface area contributed by atoms with Crippen molar-refractivity contribution in [1.82, 2.24) is 14.5 Å². The molecule has 0 unspecified atom stereocenters. The molecule has 1 aromatic carbocycles. The van der Waals surface area contributed by atoms with E-state index in [4.69, 9.17) is 0 Å². The van der Waals surface area contributed by atoms with Gasteiger partial charge in [-0.05, 0) is 39.2 Å². The molecule has 2 rings (SSSR count). The number of carbonyl (C=O) groups excluding carboxylic acids is 1. The molecule has 21 heavy (non-hydrogen) atoms. The number of benzene rings is 1. The molecule has 5 nitrogen and oxygen atoms in total. The average Bonchev–Trinajstić information content (AvgIpc) is 2.86. The van der Waals surface area contributed by atoms with Crippen LogP contribution in [0.2, 0.25) is 0 Å². The van der Waals surface area contributed by atoms with Crippen LogP contribution in [0.4, 0.5) is 5.69 Å². The van der Waals surface area contributed by atoms with Gasteiger partial charge in [-0.25, -0.2) is 4.98 Å². The molecule has 1 aromatic heterocycles. The van der Waals surface area contributed by atoms with Gasteiger partial charge in [0.1, 0.15) is 5.82 Å². The lowest BCUT2D eigenvalue weighted by atomic mass is 10.2. The lowest BCUT2D eigenvalue weighted by Gasteiger charge is -2.12. The van der Waals surface area contributed by atoms with Crippen molar-refractivity contribution in [3.8, 4) is 11.4 Å². The zero-order valence-electron chi connectivity index (χ0n) is 12.8. The van der Waals surface area contributed by atoms with Gasteiger partial charge in [0.25, 0.3) is 0 Å². The Balaban J connectivity index is 2.14. The van der Waals surface area contributed by atoms with Crippen LogP contribution in [0.3, 0.4) is 0 Å². The number of nitrogens with one attached hydrogen (secondary N) is 1. The van der Waals surface area contributed by atoms with Crippen molar-refractivity contribution in [1.29, 1.82) is 0 Å². The third kappa shape index (κ3) is 4.43. The fourth-order valence-electron chi connectivity index (χ4n) is 2.25. The second-order valence-electron chi connectivity index (χ2n) is 5.36. The molecule has 1 heterocycles. The number of carbonyl (C=O) groups is 1. The third-order valence-electron chi connectivity index (χ3n) is 3.16. The molecule has 0 fully saturated rings. The fourth-order valence-corrected chi connectivity index (χ4v) is 2.25. The summed E-state index contributed by atoms with van der Waals surface area (Å²) >= 11 is 0. The predicted molar refractivity (Wildman–Crippen MR) is 85.1 cm³/mol. The maximum Gasteiger partial charge on any atom is 0.221 e. The molecule has 1 N–H and O–H groups in total. The Morgan fingerprint density at radius 2 is 2.19 bits per heavy atom. The molecule has 112 valence electrons. The number of anilines is 1. The van der Waals surface area contributed by atoms with Crippen molar-refractivity contribution in [2.24, 2.45) is 0 Å². The number of aryl methyl sites for hydroxylation is 1. The highest BCUT2D eigenvalue weighted by molar-refractivity contribution is 5.89. The van der Waals surface area contributed by atoms with E-state index >= 15 is 0 Å². The molecule has 0 aliphatic carbocycles. The van der Waals surface area contributed by atoms with E-state index in [1.807, 2.05) is 36.7 Å². The lowest BCUT2D eigenvalue weighted by molar-refractivity contribution is -0.114. The highest BCUT2D eigenvalue weighted by Crippen LogP contribution is 2.21. The topological polar surface area (TPSA) is 50.2 Å². The van der Waals surface area contributed by atoms with Gasteiger partial charge in [-0.1, -0.05) is 12.1 Å². The number of nitrogens with zero attached hydrogens (tertiary/aromatic N) is 3. The van der Waals surface area contributed by atoms with Gasteiger partial charge in [0.15, 0.2) is 0 Å². The zero-order valence-corrected chi connectivity index (χ0v) is 12.8. The molecule has 0 radical (unpaired) electrons. The van der Waals surface area contributed by atoms with Crippen LogP contribution in [0, 0.1) is 0 Å². The molecule has 0 saturated carbocycles. The summed E-state index contributed by atoms with van der Waals surface area (Å²) in [7, 11) is 4.15. The SMILES string of the molecule is CC(=O)Nc1cccc(-c2nccn2CCCN(C)C)c1.